The van der Waals surface area contributed by atoms with Crippen molar-refractivity contribution in [3.05, 3.63) is 11.6 Å². The van der Waals surface area contributed by atoms with E-state index < -0.39 is 5.97 Å². The Kier molecular flexibility index (Phi) is 2.45. The van der Waals surface area contributed by atoms with Crippen LogP contribution >= 0.6 is 0 Å². The highest BCUT2D eigenvalue weighted by Gasteiger charge is 2.21. The molecule has 0 amide bonds. The van der Waals surface area contributed by atoms with E-state index in [0.29, 0.717) is 12.4 Å². The van der Waals surface area contributed by atoms with Gasteiger partial charge in [-0.2, -0.15) is 0 Å². The van der Waals surface area contributed by atoms with E-state index in [2.05, 4.69) is 15.2 Å². The van der Waals surface area contributed by atoms with Crippen LogP contribution in [0.25, 0.3) is 0 Å². The van der Waals surface area contributed by atoms with Crippen molar-refractivity contribution >= 4 is 5.97 Å². The summed E-state index contributed by atoms with van der Waals surface area (Å²) in [7, 11) is 0. The molecule has 2 heterocycles. The molecular weight excluding hydrogens is 186 g/mol. The molecule has 1 aliphatic heterocycles. The minimum atomic E-state index is -1.11. The van der Waals surface area contributed by atoms with Gasteiger partial charge in [-0.3, -0.25) is 5.10 Å². The average Bonchev–Trinajstić information content (AvgIpc) is 2.68. The quantitative estimate of drug-likeness (QED) is 0.716. The van der Waals surface area contributed by atoms with Crippen LogP contribution in [0.1, 0.15) is 35.2 Å². The van der Waals surface area contributed by atoms with Crippen LogP contribution in [-0.2, 0) is 4.74 Å². The Morgan fingerprint density at radius 1 is 1.64 bits per heavy atom. The first-order chi connectivity index (χ1) is 6.77. The maximum atomic E-state index is 10.5. The number of nitrogens with zero attached hydrogens (tertiary/aromatic N) is 2. The number of hydrogen-bond acceptors (Lipinski definition) is 4. The third-order valence-electron chi connectivity index (χ3n) is 2.24. The van der Waals surface area contributed by atoms with Gasteiger partial charge in [0, 0.05) is 12.5 Å². The van der Waals surface area contributed by atoms with Gasteiger partial charge < -0.3 is 9.84 Å². The zero-order valence-electron chi connectivity index (χ0n) is 7.56. The fraction of sp³-hybridized carbons (Fsp3) is 0.625. The number of aromatic nitrogens is 3. The van der Waals surface area contributed by atoms with Crippen molar-refractivity contribution in [1.82, 2.24) is 15.2 Å². The fourth-order valence-corrected chi connectivity index (χ4v) is 1.51. The first-order valence-corrected chi connectivity index (χ1v) is 4.50. The third kappa shape index (κ3) is 1.74. The molecule has 76 valence electrons. The molecule has 0 bridgehead atoms. The van der Waals surface area contributed by atoms with Gasteiger partial charge in [-0.05, 0) is 12.8 Å². The maximum Gasteiger partial charge on any atom is 0.375 e. The molecule has 6 nitrogen and oxygen atoms in total. The van der Waals surface area contributed by atoms with E-state index >= 15 is 0 Å². The molecule has 1 atom stereocenters. The summed E-state index contributed by atoms with van der Waals surface area (Å²) >= 11 is 0. The number of H-pyrrole nitrogens is 1. The van der Waals surface area contributed by atoms with E-state index in [1.807, 2.05) is 0 Å². The fourth-order valence-electron chi connectivity index (χ4n) is 1.51. The second-order valence-corrected chi connectivity index (χ2v) is 3.26. The highest BCUT2D eigenvalue weighted by Crippen LogP contribution is 2.21. The van der Waals surface area contributed by atoms with Gasteiger partial charge in [0.1, 0.15) is 5.82 Å². The number of carboxylic acids is 1. The summed E-state index contributed by atoms with van der Waals surface area (Å²) in [4.78, 5) is 14.4. The van der Waals surface area contributed by atoms with Crippen molar-refractivity contribution in [3.8, 4) is 0 Å². The van der Waals surface area contributed by atoms with E-state index in [9.17, 15) is 4.79 Å². The second kappa shape index (κ2) is 3.75. The predicted octanol–water partition coefficient (Wildman–Crippen LogP) is 0.397. The average molecular weight is 197 g/mol. The van der Waals surface area contributed by atoms with Crippen LogP contribution in [0.5, 0.6) is 0 Å². The van der Waals surface area contributed by atoms with Crippen molar-refractivity contribution < 1.29 is 14.6 Å². The number of carboxylic acid groups (broad SMARTS) is 1. The summed E-state index contributed by atoms with van der Waals surface area (Å²) in [6.07, 6.45) is 1.95. The molecule has 0 saturated carbocycles. The minimum Gasteiger partial charge on any atom is -0.475 e. The van der Waals surface area contributed by atoms with Crippen LogP contribution in [0.3, 0.4) is 0 Å². The Morgan fingerprint density at radius 2 is 2.50 bits per heavy atom. The van der Waals surface area contributed by atoms with Gasteiger partial charge in [0.15, 0.2) is 0 Å². The topological polar surface area (TPSA) is 88.1 Å². The Morgan fingerprint density at radius 3 is 3.07 bits per heavy atom. The molecule has 6 heteroatoms. The number of rotatable bonds is 2. The third-order valence-corrected chi connectivity index (χ3v) is 2.24. The summed E-state index contributed by atoms with van der Waals surface area (Å²) in [5.41, 5.74) is 0. The minimum absolute atomic E-state index is 0.157. The monoisotopic (exact) mass is 197 g/mol. The molecule has 1 aromatic rings. The van der Waals surface area contributed by atoms with Gasteiger partial charge in [0.25, 0.3) is 5.82 Å². The lowest BCUT2D eigenvalue weighted by atomic mass is 10.0. The van der Waals surface area contributed by atoms with Crippen LogP contribution in [0.2, 0.25) is 0 Å². The van der Waals surface area contributed by atoms with Gasteiger partial charge in [-0.25, -0.2) is 9.78 Å². The number of aromatic carboxylic acids is 1. The molecule has 1 aromatic heterocycles. The van der Waals surface area contributed by atoms with E-state index in [0.717, 1.165) is 19.4 Å². The van der Waals surface area contributed by atoms with Gasteiger partial charge in [-0.15, -0.1) is 5.10 Å². The summed E-state index contributed by atoms with van der Waals surface area (Å²) < 4.78 is 5.27. The normalized spacial score (nSPS) is 22.1. The first-order valence-electron chi connectivity index (χ1n) is 4.50. The largest absolute Gasteiger partial charge is 0.475 e. The molecule has 0 aliphatic carbocycles. The number of carbonyl (C=O) groups is 1. The Bertz CT molecular complexity index is 330. The molecule has 14 heavy (non-hydrogen) atoms. The van der Waals surface area contributed by atoms with Gasteiger partial charge in [0.2, 0.25) is 0 Å². The number of nitrogens with one attached hydrogen (secondary N) is 1. The number of ether oxygens (including phenoxy) is 1. The molecule has 1 saturated heterocycles. The highest BCUT2D eigenvalue weighted by molar-refractivity contribution is 5.82. The Labute approximate surface area is 80.3 Å². The van der Waals surface area contributed by atoms with Crippen molar-refractivity contribution in [2.75, 3.05) is 13.2 Å². The van der Waals surface area contributed by atoms with Crippen molar-refractivity contribution in [1.29, 1.82) is 0 Å². The lowest BCUT2D eigenvalue weighted by Gasteiger charge is -2.19. The highest BCUT2D eigenvalue weighted by atomic mass is 16.5. The molecular formula is C8H11N3O3. The maximum absolute atomic E-state index is 10.5. The van der Waals surface area contributed by atoms with E-state index in [1.54, 1.807) is 0 Å². The molecule has 1 fully saturated rings. The van der Waals surface area contributed by atoms with Gasteiger partial charge >= 0.3 is 5.97 Å². The molecule has 2 rings (SSSR count). The second-order valence-electron chi connectivity index (χ2n) is 3.26. The summed E-state index contributed by atoms with van der Waals surface area (Å²) in [5, 5.41) is 14.9. The van der Waals surface area contributed by atoms with E-state index in [1.165, 1.54) is 0 Å². The molecule has 1 unspecified atom stereocenters. The van der Waals surface area contributed by atoms with Gasteiger partial charge in [0.05, 0.1) is 6.61 Å². The zero-order chi connectivity index (χ0) is 9.97. The summed E-state index contributed by atoms with van der Waals surface area (Å²) in [5.74, 6) is -0.513. The first kappa shape index (κ1) is 9.14. The SMILES string of the molecule is O=C(O)c1n[nH]c(C2CCCOC2)n1. The predicted molar refractivity (Wildman–Crippen MR) is 46.1 cm³/mol. The van der Waals surface area contributed by atoms with E-state index in [4.69, 9.17) is 9.84 Å². The Hall–Kier alpha value is -1.43. The number of hydrogen-bond donors (Lipinski definition) is 2. The van der Waals surface area contributed by atoms with Crippen molar-refractivity contribution in [3.63, 3.8) is 0 Å². The zero-order valence-corrected chi connectivity index (χ0v) is 7.56. The molecule has 2 N–H and O–H groups in total. The van der Waals surface area contributed by atoms with E-state index in [-0.39, 0.29) is 11.7 Å². The lowest BCUT2D eigenvalue weighted by molar-refractivity contribution is 0.0681. The smallest absolute Gasteiger partial charge is 0.375 e. The van der Waals surface area contributed by atoms with Crippen LogP contribution < -0.4 is 0 Å². The summed E-state index contributed by atoms with van der Waals surface area (Å²) in [6, 6.07) is 0. The lowest BCUT2D eigenvalue weighted by Crippen LogP contribution is -2.16. The van der Waals surface area contributed by atoms with Crippen LogP contribution in [0, 0.1) is 0 Å². The molecule has 0 radical (unpaired) electrons. The molecule has 1 aliphatic rings. The van der Waals surface area contributed by atoms with Crippen molar-refractivity contribution in [2.45, 2.75) is 18.8 Å². The molecule has 0 spiro atoms. The standard InChI is InChI=1S/C8H11N3O3/c12-8(13)7-9-6(10-11-7)5-2-1-3-14-4-5/h5H,1-4H2,(H,12,13)(H,9,10,11). The van der Waals surface area contributed by atoms with Crippen LogP contribution in [0.15, 0.2) is 0 Å². The van der Waals surface area contributed by atoms with Crippen molar-refractivity contribution in [2.24, 2.45) is 0 Å². The van der Waals surface area contributed by atoms with Crippen LogP contribution in [-0.4, -0.2) is 39.5 Å². The molecule has 0 aromatic carbocycles. The Balaban J connectivity index is 2.11. The van der Waals surface area contributed by atoms with Gasteiger partial charge in [-0.1, -0.05) is 0 Å². The van der Waals surface area contributed by atoms with Crippen LogP contribution in [0.4, 0.5) is 0 Å². The summed E-state index contributed by atoms with van der Waals surface area (Å²) in [6.45, 7) is 1.37. The number of aromatic amines is 1.